The topological polar surface area (TPSA) is 84.0 Å². The highest BCUT2D eigenvalue weighted by atomic mass is 32.2. The first kappa shape index (κ1) is 25.4. The maximum atomic E-state index is 13.6. The molecule has 8 heteroatoms. The van der Waals surface area contributed by atoms with Gasteiger partial charge in [-0.1, -0.05) is 24.3 Å². The molecular formula is C27H34N2O5S. The summed E-state index contributed by atoms with van der Waals surface area (Å²) in [7, 11) is -2.09. The number of sulfonamides is 1. The van der Waals surface area contributed by atoms with Crippen LogP contribution in [0.4, 0.5) is 0 Å². The number of amides is 1. The minimum atomic E-state index is -3.72. The van der Waals surface area contributed by atoms with Crippen molar-refractivity contribution in [2.24, 2.45) is 11.8 Å². The van der Waals surface area contributed by atoms with Gasteiger partial charge in [-0.05, 0) is 75.3 Å². The Hall–Kier alpha value is -2.71. The molecule has 188 valence electrons. The second-order valence-electron chi connectivity index (χ2n) is 9.65. The van der Waals surface area contributed by atoms with Crippen LogP contribution in [0.3, 0.4) is 0 Å². The van der Waals surface area contributed by atoms with Crippen molar-refractivity contribution in [3.63, 3.8) is 0 Å². The molecule has 35 heavy (non-hydrogen) atoms. The van der Waals surface area contributed by atoms with Gasteiger partial charge in [-0.3, -0.25) is 9.59 Å². The molecular weight excluding hydrogens is 464 g/mol. The van der Waals surface area contributed by atoms with Gasteiger partial charge in [-0.25, -0.2) is 8.42 Å². The number of methoxy groups -OCH3 is 1. The Morgan fingerprint density at radius 2 is 1.71 bits per heavy atom. The summed E-state index contributed by atoms with van der Waals surface area (Å²) >= 11 is 0. The van der Waals surface area contributed by atoms with Gasteiger partial charge in [0.05, 0.1) is 12.0 Å². The van der Waals surface area contributed by atoms with Crippen molar-refractivity contribution in [1.29, 1.82) is 0 Å². The van der Waals surface area contributed by atoms with Crippen LogP contribution in [0.5, 0.6) is 5.75 Å². The first-order valence-corrected chi connectivity index (χ1v) is 13.7. The van der Waals surface area contributed by atoms with Crippen LogP contribution in [0.15, 0.2) is 53.4 Å². The Bertz CT molecular complexity index is 1170. The predicted molar refractivity (Wildman–Crippen MR) is 134 cm³/mol. The molecule has 0 N–H and O–H groups in total. The molecule has 1 saturated heterocycles. The number of ketones is 1. The van der Waals surface area contributed by atoms with Crippen LogP contribution in [0.25, 0.3) is 0 Å². The van der Waals surface area contributed by atoms with Gasteiger partial charge < -0.3 is 9.64 Å². The summed E-state index contributed by atoms with van der Waals surface area (Å²) in [6, 6.07) is 14.1. The molecule has 0 radical (unpaired) electrons. The Labute approximate surface area is 208 Å². The van der Waals surface area contributed by atoms with Crippen molar-refractivity contribution in [1.82, 2.24) is 9.21 Å². The fraction of sp³-hybridized carbons (Fsp3) is 0.481. The lowest BCUT2D eigenvalue weighted by Gasteiger charge is -2.36. The van der Waals surface area contributed by atoms with E-state index < -0.39 is 10.0 Å². The van der Waals surface area contributed by atoms with E-state index in [1.807, 2.05) is 29.2 Å². The number of carbonyl (C=O) groups is 2. The normalized spacial score (nSPS) is 18.1. The summed E-state index contributed by atoms with van der Waals surface area (Å²) in [5.41, 5.74) is 1.43. The summed E-state index contributed by atoms with van der Waals surface area (Å²) < 4.78 is 33.0. The zero-order chi connectivity index (χ0) is 25.2. The van der Waals surface area contributed by atoms with Crippen molar-refractivity contribution in [2.75, 3.05) is 20.2 Å². The SMILES string of the molecule is COc1ccc(CN(C(=O)C2CCN(S(=O)(=O)c3cccc(C(C)=O)c3)CC2)C(C)C2CC2)cc1. The van der Waals surface area contributed by atoms with Crippen LogP contribution < -0.4 is 4.74 Å². The standard InChI is InChI=1S/C27H34N2O5S/c1-19(22-9-10-22)29(18-21-7-11-25(34-3)12-8-21)27(31)23-13-15-28(16-14-23)35(32,33)26-6-4-5-24(17-26)20(2)30/h4-8,11-12,17,19,22-23H,9-10,13-16,18H2,1-3H3. The van der Waals surface area contributed by atoms with Crippen LogP contribution >= 0.6 is 0 Å². The predicted octanol–water partition coefficient (Wildman–Crippen LogP) is 4.13. The van der Waals surface area contributed by atoms with Gasteiger partial charge in [0.2, 0.25) is 15.9 Å². The fourth-order valence-electron chi connectivity index (χ4n) is 4.79. The lowest BCUT2D eigenvalue weighted by atomic mass is 9.95. The van der Waals surface area contributed by atoms with Crippen molar-refractivity contribution in [2.45, 2.75) is 57.0 Å². The van der Waals surface area contributed by atoms with Crippen molar-refractivity contribution in [3.05, 3.63) is 59.7 Å². The maximum Gasteiger partial charge on any atom is 0.243 e. The van der Waals surface area contributed by atoms with Gasteiger partial charge in [0.1, 0.15) is 5.75 Å². The van der Waals surface area contributed by atoms with Gasteiger partial charge in [0.15, 0.2) is 5.78 Å². The molecule has 1 atom stereocenters. The summed E-state index contributed by atoms with van der Waals surface area (Å²) in [5, 5.41) is 0. The number of carbonyl (C=O) groups excluding carboxylic acids is 2. The molecule has 4 rings (SSSR count). The monoisotopic (exact) mass is 498 g/mol. The highest BCUT2D eigenvalue weighted by Gasteiger charge is 2.39. The van der Waals surface area contributed by atoms with Gasteiger partial charge in [-0.2, -0.15) is 4.31 Å². The molecule has 1 amide bonds. The third-order valence-electron chi connectivity index (χ3n) is 7.27. The molecule has 0 bridgehead atoms. The van der Waals surface area contributed by atoms with Crippen LogP contribution in [-0.2, 0) is 21.4 Å². The zero-order valence-electron chi connectivity index (χ0n) is 20.6. The average molecular weight is 499 g/mol. The third kappa shape index (κ3) is 5.76. The van der Waals surface area contributed by atoms with E-state index in [1.165, 1.54) is 23.4 Å². The van der Waals surface area contributed by atoms with Crippen molar-refractivity contribution >= 4 is 21.7 Å². The maximum absolute atomic E-state index is 13.6. The molecule has 2 aromatic carbocycles. The number of hydrogen-bond acceptors (Lipinski definition) is 5. The number of nitrogens with zero attached hydrogens (tertiary/aromatic N) is 2. The smallest absolute Gasteiger partial charge is 0.243 e. The molecule has 1 unspecified atom stereocenters. The minimum Gasteiger partial charge on any atom is -0.497 e. The van der Waals surface area contributed by atoms with E-state index in [0.717, 1.165) is 24.2 Å². The lowest BCUT2D eigenvalue weighted by molar-refractivity contribution is -0.140. The Balaban J connectivity index is 1.44. The van der Waals surface area contributed by atoms with E-state index in [9.17, 15) is 18.0 Å². The average Bonchev–Trinajstić information content (AvgIpc) is 3.73. The molecule has 1 aliphatic carbocycles. The largest absolute Gasteiger partial charge is 0.497 e. The van der Waals surface area contributed by atoms with Gasteiger partial charge in [0.25, 0.3) is 0 Å². The fourth-order valence-corrected chi connectivity index (χ4v) is 6.30. The second kappa shape index (κ2) is 10.5. The van der Waals surface area contributed by atoms with Crippen LogP contribution in [0.1, 0.15) is 55.5 Å². The molecule has 7 nitrogen and oxygen atoms in total. The summed E-state index contributed by atoms with van der Waals surface area (Å²) in [6.07, 6.45) is 3.26. The highest BCUT2D eigenvalue weighted by molar-refractivity contribution is 7.89. The van der Waals surface area contributed by atoms with E-state index in [0.29, 0.717) is 30.9 Å². The molecule has 1 saturated carbocycles. The molecule has 2 aromatic rings. The van der Waals surface area contributed by atoms with Crippen molar-refractivity contribution in [3.8, 4) is 5.75 Å². The van der Waals surface area contributed by atoms with Gasteiger partial charge >= 0.3 is 0 Å². The first-order chi connectivity index (χ1) is 16.7. The van der Waals surface area contributed by atoms with Crippen LogP contribution in [-0.4, -0.2) is 55.6 Å². The van der Waals surface area contributed by atoms with Gasteiger partial charge in [-0.15, -0.1) is 0 Å². The quantitative estimate of drug-likeness (QED) is 0.486. The molecule has 0 aromatic heterocycles. The Morgan fingerprint density at radius 3 is 2.29 bits per heavy atom. The number of ether oxygens (including phenoxy) is 1. The molecule has 1 heterocycles. The van der Waals surface area contributed by atoms with E-state index in [1.54, 1.807) is 19.2 Å². The summed E-state index contributed by atoms with van der Waals surface area (Å²) in [5.74, 6) is 1.05. The Morgan fingerprint density at radius 1 is 1.06 bits per heavy atom. The van der Waals surface area contributed by atoms with Crippen LogP contribution in [0, 0.1) is 11.8 Å². The Kier molecular flexibility index (Phi) is 7.62. The summed E-state index contributed by atoms with van der Waals surface area (Å²) in [6.45, 7) is 4.66. The number of piperidine rings is 1. The molecule has 1 aliphatic heterocycles. The van der Waals surface area contributed by atoms with E-state index >= 15 is 0 Å². The first-order valence-electron chi connectivity index (χ1n) is 12.2. The zero-order valence-corrected chi connectivity index (χ0v) is 21.5. The number of benzene rings is 2. The lowest BCUT2D eigenvalue weighted by Crippen LogP contribution is -2.47. The van der Waals surface area contributed by atoms with Gasteiger partial charge in [0, 0.05) is 37.2 Å². The summed E-state index contributed by atoms with van der Waals surface area (Å²) in [4.78, 5) is 27.5. The second-order valence-corrected chi connectivity index (χ2v) is 11.6. The molecule has 2 aliphatic rings. The third-order valence-corrected chi connectivity index (χ3v) is 9.17. The number of hydrogen-bond donors (Lipinski definition) is 0. The minimum absolute atomic E-state index is 0.107. The number of rotatable bonds is 9. The van der Waals surface area contributed by atoms with Crippen LogP contribution in [0.2, 0.25) is 0 Å². The highest BCUT2D eigenvalue weighted by Crippen LogP contribution is 2.37. The van der Waals surface area contributed by atoms with Crippen molar-refractivity contribution < 1.29 is 22.7 Å². The van der Waals surface area contributed by atoms with E-state index in [-0.39, 0.29) is 41.6 Å². The number of Topliss-reactive ketones (excluding diaryl/α,β-unsaturated/α-hetero) is 1. The van der Waals surface area contributed by atoms with E-state index in [4.69, 9.17) is 4.74 Å². The molecule has 2 fully saturated rings. The molecule has 0 spiro atoms. The van der Waals surface area contributed by atoms with E-state index in [2.05, 4.69) is 6.92 Å².